The third-order valence-corrected chi connectivity index (χ3v) is 5.48. The molecule has 4 N–H and O–H groups in total. The lowest BCUT2D eigenvalue weighted by atomic mass is 9.83. The van der Waals surface area contributed by atoms with Crippen LogP contribution in [0.5, 0.6) is 0 Å². The number of nitrogens with one attached hydrogen (secondary N) is 1. The lowest BCUT2D eigenvalue weighted by molar-refractivity contribution is 0.0855. The van der Waals surface area contributed by atoms with Gasteiger partial charge in [-0.1, -0.05) is 32.0 Å². The summed E-state index contributed by atoms with van der Waals surface area (Å²) >= 11 is 1.41. The first kappa shape index (κ1) is 15.8. The first-order chi connectivity index (χ1) is 10.1. The van der Waals surface area contributed by atoms with Gasteiger partial charge in [-0.15, -0.1) is 11.3 Å². The summed E-state index contributed by atoms with van der Waals surface area (Å²) in [6.45, 7) is 4.59. The zero-order valence-corrected chi connectivity index (χ0v) is 13.3. The van der Waals surface area contributed by atoms with Crippen LogP contribution in [0.25, 0.3) is 10.1 Å². The zero-order chi connectivity index (χ0) is 15.5. The van der Waals surface area contributed by atoms with E-state index in [0.717, 1.165) is 22.9 Å². The summed E-state index contributed by atoms with van der Waals surface area (Å²) in [5.41, 5.74) is 6.37. The second-order valence-corrected chi connectivity index (χ2v) is 6.44. The van der Waals surface area contributed by atoms with Crippen molar-refractivity contribution in [3.05, 3.63) is 29.1 Å². The molecule has 21 heavy (non-hydrogen) atoms. The van der Waals surface area contributed by atoms with Crippen molar-refractivity contribution in [3.63, 3.8) is 0 Å². The van der Waals surface area contributed by atoms with E-state index in [1.54, 1.807) is 0 Å². The number of carbonyl (C=O) groups is 1. The van der Waals surface area contributed by atoms with Gasteiger partial charge in [0.05, 0.1) is 12.3 Å². The van der Waals surface area contributed by atoms with E-state index in [9.17, 15) is 9.90 Å². The Morgan fingerprint density at radius 2 is 2.00 bits per heavy atom. The predicted octanol–water partition coefficient (Wildman–Crippen LogP) is 3.01. The van der Waals surface area contributed by atoms with E-state index in [1.165, 1.54) is 11.3 Å². The van der Waals surface area contributed by atoms with Gasteiger partial charge in [0.25, 0.3) is 5.91 Å². The number of aliphatic hydroxyl groups excluding tert-OH is 1. The molecule has 2 aromatic rings. The first-order valence-electron chi connectivity index (χ1n) is 7.23. The number of nitrogen functional groups attached to an aromatic ring is 1. The third-order valence-electron chi connectivity index (χ3n) is 4.30. The molecule has 0 spiro atoms. The number of amides is 1. The van der Waals surface area contributed by atoms with Crippen LogP contribution in [-0.4, -0.2) is 24.2 Å². The molecular formula is C16H22N2O2S. The number of aliphatic hydroxyl groups is 1. The molecule has 0 atom stereocenters. The number of rotatable bonds is 6. The van der Waals surface area contributed by atoms with Crippen molar-refractivity contribution < 1.29 is 9.90 Å². The van der Waals surface area contributed by atoms with Gasteiger partial charge in [-0.3, -0.25) is 4.79 Å². The van der Waals surface area contributed by atoms with Gasteiger partial charge >= 0.3 is 0 Å². The minimum Gasteiger partial charge on any atom is -0.397 e. The zero-order valence-electron chi connectivity index (χ0n) is 12.5. The van der Waals surface area contributed by atoms with Gasteiger partial charge in [-0.2, -0.15) is 0 Å². The number of fused-ring (bicyclic) bond motifs is 1. The van der Waals surface area contributed by atoms with E-state index >= 15 is 0 Å². The van der Waals surface area contributed by atoms with Crippen molar-refractivity contribution in [1.29, 1.82) is 0 Å². The van der Waals surface area contributed by atoms with Gasteiger partial charge < -0.3 is 16.2 Å². The first-order valence-corrected chi connectivity index (χ1v) is 8.04. The Morgan fingerprint density at radius 3 is 2.57 bits per heavy atom. The molecule has 0 aliphatic carbocycles. The molecule has 2 rings (SSSR count). The van der Waals surface area contributed by atoms with E-state index in [0.29, 0.717) is 17.1 Å². The summed E-state index contributed by atoms with van der Waals surface area (Å²) in [6, 6.07) is 7.74. The summed E-state index contributed by atoms with van der Waals surface area (Å²) in [4.78, 5) is 12.9. The average Bonchev–Trinajstić information content (AvgIpc) is 2.87. The smallest absolute Gasteiger partial charge is 0.263 e. The molecule has 0 saturated carbocycles. The van der Waals surface area contributed by atoms with E-state index in [2.05, 4.69) is 5.32 Å². The van der Waals surface area contributed by atoms with E-state index in [4.69, 9.17) is 5.73 Å². The molecule has 1 amide bonds. The minimum absolute atomic E-state index is 0.0716. The fraction of sp³-hybridized carbons (Fsp3) is 0.438. The molecule has 1 heterocycles. The molecule has 0 aliphatic rings. The predicted molar refractivity (Wildman–Crippen MR) is 88.7 cm³/mol. The quantitative estimate of drug-likeness (QED) is 0.768. The molecule has 1 aromatic carbocycles. The normalized spacial score (nSPS) is 11.8. The molecule has 0 aliphatic heterocycles. The van der Waals surface area contributed by atoms with E-state index < -0.39 is 0 Å². The molecule has 114 valence electrons. The lowest BCUT2D eigenvalue weighted by Crippen LogP contribution is -2.39. The summed E-state index contributed by atoms with van der Waals surface area (Å²) in [6.07, 6.45) is 1.64. The van der Waals surface area contributed by atoms with Crippen molar-refractivity contribution in [3.8, 4) is 0 Å². The van der Waals surface area contributed by atoms with Crippen molar-refractivity contribution in [2.24, 2.45) is 5.41 Å². The molecule has 0 unspecified atom stereocenters. The molecule has 5 heteroatoms. The van der Waals surface area contributed by atoms with Crippen LogP contribution < -0.4 is 11.1 Å². The molecule has 0 bridgehead atoms. The van der Waals surface area contributed by atoms with Crippen molar-refractivity contribution in [2.75, 3.05) is 18.9 Å². The van der Waals surface area contributed by atoms with Crippen LogP contribution in [0.1, 0.15) is 36.4 Å². The van der Waals surface area contributed by atoms with Gasteiger partial charge in [0.2, 0.25) is 0 Å². The number of anilines is 1. The summed E-state index contributed by atoms with van der Waals surface area (Å²) in [7, 11) is 0. The number of hydrogen-bond donors (Lipinski definition) is 3. The largest absolute Gasteiger partial charge is 0.397 e. The lowest BCUT2D eigenvalue weighted by Gasteiger charge is -2.29. The molecule has 0 saturated heterocycles. The SMILES string of the molecule is CCC(CC)(CO)CNC(=O)c1sc2ccccc2c1N. The fourth-order valence-corrected chi connectivity index (χ4v) is 3.40. The maximum Gasteiger partial charge on any atom is 0.263 e. The van der Waals surface area contributed by atoms with Crippen molar-refractivity contribution >= 4 is 33.0 Å². The molecule has 0 radical (unpaired) electrons. The fourth-order valence-electron chi connectivity index (χ4n) is 2.36. The van der Waals surface area contributed by atoms with Crippen molar-refractivity contribution in [1.82, 2.24) is 5.32 Å². The standard InChI is InChI=1S/C16H22N2O2S/c1-3-16(4-2,10-19)9-18-15(20)14-13(17)11-7-5-6-8-12(11)21-14/h5-8,19H,3-4,9-10,17H2,1-2H3,(H,18,20). The highest BCUT2D eigenvalue weighted by atomic mass is 32.1. The molecule has 1 aromatic heterocycles. The number of nitrogens with two attached hydrogens (primary N) is 1. The highest BCUT2D eigenvalue weighted by molar-refractivity contribution is 7.21. The Morgan fingerprint density at radius 1 is 1.33 bits per heavy atom. The maximum absolute atomic E-state index is 12.4. The Labute approximate surface area is 129 Å². The van der Waals surface area contributed by atoms with Crippen LogP contribution in [0.2, 0.25) is 0 Å². The van der Waals surface area contributed by atoms with Crippen LogP contribution >= 0.6 is 11.3 Å². The summed E-state index contributed by atoms with van der Waals surface area (Å²) < 4.78 is 1.01. The molecule has 4 nitrogen and oxygen atoms in total. The van der Waals surface area contributed by atoms with Crippen LogP contribution in [0.4, 0.5) is 5.69 Å². The Kier molecular flexibility index (Phi) is 4.85. The van der Waals surface area contributed by atoms with Gasteiger partial charge in [0.1, 0.15) is 4.88 Å². The summed E-state index contributed by atoms with van der Waals surface area (Å²) in [5.74, 6) is -0.159. The number of benzene rings is 1. The van der Waals surface area contributed by atoms with Gasteiger partial charge in [0, 0.05) is 22.0 Å². The van der Waals surface area contributed by atoms with Gasteiger partial charge in [0.15, 0.2) is 0 Å². The molecular weight excluding hydrogens is 284 g/mol. The van der Waals surface area contributed by atoms with Crippen LogP contribution in [0.15, 0.2) is 24.3 Å². The number of hydrogen-bond acceptors (Lipinski definition) is 4. The summed E-state index contributed by atoms with van der Waals surface area (Å²) in [5, 5.41) is 13.4. The van der Waals surface area contributed by atoms with Crippen LogP contribution in [0, 0.1) is 5.41 Å². The second kappa shape index (κ2) is 6.45. The Bertz CT molecular complexity index is 624. The highest BCUT2D eigenvalue weighted by Gasteiger charge is 2.26. The Hall–Kier alpha value is -1.59. The third kappa shape index (κ3) is 3.04. The topological polar surface area (TPSA) is 75.3 Å². The Balaban J connectivity index is 2.17. The average molecular weight is 306 g/mol. The minimum atomic E-state index is -0.249. The second-order valence-electron chi connectivity index (χ2n) is 5.39. The van der Waals surface area contributed by atoms with Gasteiger partial charge in [-0.25, -0.2) is 0 Å². The maximum atomic E-state index is 12.4. The van der Waals surface area contributed by atoms with Crippen LogP contribution in [0.3, 0.4) is 0 Å². The van der Waals surface area contributed by atoms with Crippen molar-refractivity contribution in [2.45, 2.75) is 26.7 Å². The molecule has 0 fully saturated rings. The number of thiophene rings is 1. The monoisotopic (exact) mass is 306 g/mol. The highest BCUT2D eigenvalue weighted by Crippen LogP contribution is 2.33. The van der Waals surface area contributed by atoms with Gasteiger partial charge in [-0.05, 0) is 18.9 Å². The number of carbonyl (C=O) groups excluding carboxylic acids is 1. The van der Waals surface area contributed by atoms with E-state index in [-0.39, 0.29) is 17.9 Å². The van der Waals surface area contributed by atoms with Crippen LogP contribution in [-0.2, 0) is 0 Å². The van der Waals surface area contributed by atoms with E-state index in [1.807, 2.05) is 38.1 Å².